The van der Waals surface area contributed by atoms with Gasteiger partial charge in [0.2, 0.25) is 0 Å². The van der Waals surface area contributed by atoms with Crippen LogP contribution in [-0.2, 0) is 0 Å². The van der Waals surface area contributed by atoms with Gasteiger partial charge < -0.3 is 10.1 Å². The standard InChI is InChI=1S/C19H13ClFNO2/c20-14-8-2-5-11-17(14)24-18-12-6-4-10-16(18)22-19(23)13-7-1-3-9-15(13)21/h1-12H,(H,22,23). The molecule has 120 valence electrons. The van der Waals surface area contributed by atoms with Crippen LogP contribution in [0.25, 0.3) is 0 Å². The molecule has 0 aliphatic heterocycles. The van der Waals surface area contributed by atoms with E-state index in [0.29, 0.717) is 22.2 Å². The topological polar surface area (TPSA) is 38.3 Å². The van der Waals surface area contributed by atoms with Gasteiger partial charge in [0.25, 0.3) is 5.91 Å². The number of amides is 1. The average Bonchev–Trinajstić information content (AvgIpc) is 2.59. The Labute approximate surface area is 143 Å². The van der Waals surface area contributed by atoms with Crippen LogP contribution in [0.1, 0.15) is 10.4 Å². The highest BCUT2D eigenvalue weighted by atomic mass is 35.5. The monoisotopic (exact) mass is 341 g/mol. The Morgan fingerprint density at radius 3 is 2.25 bits per heavy atom. The molecular formula is C19H13ClFNO2. The van der Waals surface area contributed by atoms with Gasteiger partial charge in [-0.05, 0) is 36.4 Å². The van der Waals surface area contributed by atoms with Crippen LogP contribution in [0.15, 0.2) is 72.8 Å². The zero-order valence-electron chi connectivity index (χ0n) is 12.5. The molecular weight excluding hydrogens is 329 g/mol. The van der Waals surface area contributed by atoms with Crippen molar-refractivity contribution in [1.82, 2.24) is 0 Å². The first-order valence-corrected chi connectivity index (χ1v) is 7.60. The Bertz CT molecular complexity index is 883. The highest BCUT2D eigenvalue weighted by molar-refractivity contribution is 6.32. The van der Waals surface area contributed by atoms with E-state index in [1.165, 1.54) is 18.2 Å². The first-order chi connectivity index (χ1) is 11.6. The van der Waals surface area contributed by atoms with E-state index >= 15 is 0 Å². The first-order valence-electron chi connectivity index (χ1n) is 7.22. The zero-order valence-corrected chi connectivity index (χ0v) is 13.3. The molecule has 3 rings (SSSR count). The first kappa shape index (κ1) is 16.0. The fraction of sp³-hybridized carbons (Fsp3) is 0. The summed E-state index contributed by atoms with van der Waals surface area (Å²) in [5.41, 5.74) is 0.385. The van der Waals surface area contributed by atoms with Gasteiger partial charge >= 0.3 is 0 Å². The molecule has 0 aliphatic carbocycles. The second-order valence-electron chi connectivity index (χ2n) is 4.96. The third kappa shape index (κ3) is 3.55. The number of hydrogen-bond acceptors (Lipinski definition) is 2. The number of halogens is 2. The maximum absolute atomic E-state index is 13.7. The van der Waals surface area contributed by atoms with Gasteiger partial charge in [-0.3, -0.25) is 4.79 Å². The number of carbonyl (C=O) groups is 1. The molecule has 3 aromatic carbocycles. The summed E-state index contributed by atoms with van der Waals surface area (Å²) in [4.78, 5) is 12.3. The predicted molar refractivity (Wildman–Crippen MR) is 92.3 cm³/mol. The van der Waals surface area contributed by atoms with Crippen molar-refractivity contribution < 1.29 is 13.9 Å². The van der Waals surface area contributed by atoms with Crippen molar-refractivity contribution in [3.63, 3.8) is 0 Å². The summed E-state index contributed by atoms with van der Waals surface area (Å²) in [5.74, 6) is -0.259. The van der Waals surface area contributed by atoms with Crippen LogP contribution in [0.5, 0.6) is 11.5 Å². The quantitative estimate of drug-likeness (QED) is 0.678. The van der Waals surface area contributed by atoms with Crippen LogP contribution in [0, 0.1) is 5.82 Å². The molecule has 0 saturated carbocycles. The Balaban J connectivity index is 1.86. The number of rotatable bonds is 4. The van der Waals surface area contributed by atoms with E-state index in [1.54, 1.807) is 54.6 Å². The molecule has 5 heteroatoms. The van der Waals surface area contributed by atoms with Crippen LogP contribution in [0.3, 0.4) is 0 Å². The summed E-state index contributed by atoms with van der Waals surface area (Å²) in [6, 6.07) is 19.7. The number of ether oxygens (including phenoxy) is 1. The molecule has 0 fully saturated rings. The molecule has 0 radical (unpaired) electrons. The number of hydrogen-bond donors (Lipinski definition) is 1. The Hall–Kier alpha value is -2.85. The summed E-state index contributed by atoms with van der Waals surface area (Å²) in [6.45, 7) is 0. The molecule has 24 heavy (non-hydrogen) atoms. The summed E-state index contributed by atoms with van der Waals surface area (Å²) in [7, 11) is 0. The number of carbonyl (C=O) groups excluding carboxylic acids is 1. The van der Waals surface area contributed by atoms with Crippen molar-refractivity contribution in [2.45, 2.75) is 0 Å². The smallest absolute Gasteiger partial charge is 0.258 e. The molecule has 0 atom stereocenters. The van der Waals surface area contributed by atoms with Gasteiger partial charge in [-0.15, -0.1) is 0 Å². The Morgan fingerprint density at radius 2 is 1.50 bits per heavy atom. The summed E-state index contributed by atoms with van der Waals surface area (Å²) in [5, 5.41) is 3.11. The van der Waals surface area contributed by atoms with E-state index in [9.17, 15) is 9.18 Å². The number of benzene rings is 3. The van der Waals surface area contributed by atoms with Crippen molar-refractivity contribution >= 4 is 23.2 Å². The Kier molecular flexibility index (Phi) is 4.77. The maximum Gasteiger partial charge on any atom is 0.258 e. The lowest BCUT2D eigenvalue weighted by Crippen LogP contribution is -2.14. The number of anilines is 1. The van der Waals surface area contributed by atoms with Crippen molar-refractivity contribution in [3.8, 4) is 11.5 Å². The van der Waals surface area contributed by atoms with Crippen LogP contribution in [-0.4, -0.2) is 5.91 Å². The van der Waals surface area contributed by atoms with Crippen LogP contribution in [0.4, 0.5) is 10.1 Å². The molecule has 1 N–H and O–H groups in total. The maximum atomic E-state index is 13.7. The number of nitrogens with one attached hydrogen (secondary N) is 1. The van der Waals surface area contributed by atoms with Gasteiger partial charge in [0.05, 0.1) is 16.3 Å². The lowest BCUT2D eigenvalue weighted by Gasteiger charge is -2.13. The largest absolute Gasteiger partial charge is 0.454 e. The molecule has 0 spiro atoms. The van der Waals surface area contributed by atoms with E-state index in [1.807, 2.05) is 0 Å². The predicted octanol–water partition coefficient (Wildman–Crippen LogP) is 5.52. The van der Waals surface area contributed by atoms with Gasteiger partial charge in [-0.25, -0.2) is 4.39 Å². The molecule has 0 bridgehead atoms. The van der Waals surface area contributed by atoms with E-state index < -0.39 is 11.7 Å². The molecule has 0 saturated heterocycles. The third-order valence-corrected chi connectivity index (χ3v) is 3.62. The Morgan fingerprint density at radius 1 is 0.875 bits per heavy atom. The number of para-hydroxylation sites is 3. The van der Waals surface area contributed by atoms with Gasteiger partial charge in [-0.2, -0.15) is 0 Å². The average molecular weight is 342 g/mol. The van der Waals surface area contributed by atoms with E-state index in [-0.39, 0.29) is 5.56 Å². The normalized spacial score (nSPS) is 10.2. The van der Waals surface area contributed by atoms with Gasteiger partial charge in [-0.1, -0.05) is 48.0 Å². The van der Waals surface area contributed by atoms with E-state index in [0.717, 1.165) is 0 Å². The molecule has 0 heterocycles. The van der Waals surface area contributed by atoms with Gasteiger partial charge in [0, 0.05) is 0 Å². The van der Waals surface area contributed by atoms with Crippen molar-refractivity contribution in [2.24, 2.45) is 0 Å². The van der Waals surface area contributed by atoms with Crippen LogP contribution >= 0.6 is 11.6 Å². The summed E-state index contributed by atoms with van der Waals surface area (Å²) < 4.78 is 19.5. The molecule has 0 aliphatic rings. The minimum atomic E-state index is -0.584. The summed E-state index contributed by atoms with van der Waals surface area (Å²) >= 11 is 6.09. The van der Waals surface area contributed by atoms with Crippen molar-refractivity contribution in [2.75, 3.05) is 5.32 Å². The third-order valence-electron chi connectivity index (χ3n) is 3.31. The van der Waals surface area contributed by atoms with Crippen molar-refractivity contribution in [3.05, 3.63) is 89.2 Å². The molecule has 1 amide bonds. The molecule has 0 aromatic heterocycles. The molecule has 0 unspecified atom stereocenters. The molecule has 3 nitrogen and oxygen atoms in total. The highest BCUT2D eigenvalue weighted by Gasteiger charge is 2.14. The fourth-order valence-electron chi connectivity index (χ4n) is 2.14. The van der Waals surface area contributed by atoms with Crippen LogP contribution < -0.4 is 10.1 Å². The van der Waals surface area contributed by atoms with Gasteiger partial charge in [0.15, 0.2) is 5.75 Å². The molecule has 3 aromatic rings. The highest BCUT2D eigenvalue weighted by Crippen LogP contribution is 2.33. The van der Waals surface area contributed by atoms with Crippen LogP contribution in [0.2, 0.25) is 5.02 Å². The SMILES string of the molecule is O=C(Nc1ccccc1Oc1ccccc1Cl)c1ccccc1F. The zero-order chi connectivity index (χ0) is 16.9. The van der Waals surface area contributed by atoms with Crippen molar-refractivity contribution in [1.29, 1.82) is 0 Å². The lowest BCUT2D eigenvalue weighted by atomic mass is 10.2. The second kappa shape index (κ2) is 7.15. The fourth-order valence-corrected chi connectivity index (χ4v) is 2.31. The minimum Gasteiger partial charge on any atom is -0.454 e. The van der Waals surface area contributed by atoms with E-state index in [4.69, 9.17) is 16.3 Å². The summed E-state index contributed by atoms with van der Waals surface area (Å²) in [6.07, 6.45) is 0. The second-order valence-corrected chi connectivity index (χ2v) is 5.37. The van der Waals surface area contributed by atoms with E-state index in [2.05, 4.69) is 5.32 Å². The lowest BCUT2D eigenvalue weighted by molar-refractivity contribution is 0.102. The minimum absolute atomic E-state index is 0.0370. The van der Waals surface area contributed by atoms with Gasteiger partial charge in [0.1, 0.15) is 11.6 Å².